The molecule has 1 aromatic carbocycles. The molecule has 0 spiro atoms. The van der Waals surface area contributed by atoms with E-state index >= 15 is 0 Å². The van der Waals surface area contributed by atoms with Crippen molar-refractivity contribution in [2.75, 3.05) is 7.05 Å². The van der Waals surface area contributed by atoms with E-state index in [9.17, 15) is 0 Å². The van der Waals surface area contributed by atoms with Crippen molar-refractivity contribution in [3.63, 3.8) is 0 Å². The lowest BCUT2D eigenvalue weighted by atomic mass is 10.00. The summed E-state index contributed by atoms with van der Waals surface area (Å²) in [5, 5.41) is 3.25. The molecule has 1 nitrogen and oxygen atoms in total. The lowest BCUT2D eigenvalue weighted by Crippen LogP contribution is -2.17. The van der Waals surface area contributed by atoms with Crippen molar-refractivity contribution in [3.05, 3.63) is 46.0 Å². The van der Waals surface area contributed by atoms with Crippen LogP contribution >= 0.6 is 15.9 Å². The van der Waals surface area contributed by atoms with Crippen LogP contribution in [0.1, 0.15) is 24.1 Å². The van der Waals surface area contributed by atoms with E-state index in [0.717, 1.165) is 10.0 Å². The van der Waals surface area contributed by atoms with Crippen molar-refractivity contribution < 1.29 is 0 Å². The lowest BCUT2D eigenvalue weighted by molar-refractivity contribution is 0.679. The number of nitrogens with one attached hydrogen (secondary N) is 1. The minimum Gasteiger partial charge on any atom is -0.310 e. The monoisotopic (exact) mass is 253 g/mol. The van der Waals surface area contributed by atoms with Gasteiger partial charge in [0.05, 0.1) is 6.04 Å². The molecule has 0 saturated heterocycles. The third kappa shape index (κ3) is 2.69. The van der Waals surface area contributed by atoms with Crippen LogP contribution in [0.5, 0.6) is 0 Å². The number of halogens is 1. The average molecular weight is 254 g/mol. The highest BCUT2D eigenvalue weighted by molar-refractivity contribution is 9.10. The molecule has 0 aromatic heterocycles. The van der Waals surface area contributed by atoms with Gasteiger partial charge in [-0.3, -0.25) is 0 Å². The Morgan fingerprint density at radius 1 is 1.43 bits per heavy atom. The van der Waals surface area contributed by atoms with E-state index < -0.39 is 0 Å². The number of benzene rings is 1. The molecule has 0 aliphatic heterocycles. The Hall–Kier alpha value is -0.600. The van der Waals surface area contributed by atoms with Gasteiger partial charge >= 0.3 is 0 Å². The second-order valence-corrected chi connectivity index (χ2v) is 4.55. The third-order valence-corrected chi connectivity index (χ3v) is 2.64. The summed E-state index contributed by atoms with van der Waals surface area (Å²) >= 11 is 3.50. The Bertz CT molecular complexity index is 324. The van der Waals surface area contributed by atoms with Crippen LogP contribution in [-0.4, -0.2) is 7.05 Å². The van der Waals surface area contributed by atoms with Gasteiger partial charge in [0.25, 0.3) is 0 Å². The molecule has 1 aromatic rings. The molecule has 14 heavy (non-hydrogen) atoms. The summed E-state index contributed by atoms with van der Waals surface area (Å²) in [7, 11) is 1.95. The summed E-state index contributed by atoms with van der Waals surface area (Å²) in [6.07, 6.45) is 0. The van der Waals surface area contributed by atoms with Gasteiger partial charge in [-0.05, 0) is 44.2 Å². The van der Waals surface area contributed by atoms with Crippen LogP contribution in [0.2, 0.25) is 0 Å². The van der Waals surface area contributed by atoms with E-state index in [1.807, 2.05) is 14.0 Å². The van der Waals surface area contributed by atoms with Crippen LogP contribution in [0.25, 0.3) is 0 Å². The Morgan fingerprint density at radius 3 is 2.50 bits per heavy atom. The van der Waals surface area contributed by atoms with E-state index in [1.165, 1.54) is 11.1 Å². The van der Waals surface area contributed by atoms with E-state index in [0.29, 0.717) is 0 Å². The lowest BCUT2D eigenvalue weighted by Gasteiger charge is -2.17. The highest BCUT2D eigenvalue weighted by Crippen LogP contribution is 2.24. The van der Waals surface area contributed by atoms with Gasteiger partial charge in [-0.25, -0.2) is 0 Å². The van der Waals surface area contributed by atoms with Crippen LogP contribution < -0.4 is 5.32 Å². The van der Waals surface area contributed by atoms with E-state index in [2.05, 4.69) is 52.9 Å². The topological polar surface area (TPSA) is 12.0 Å². The summed E-state index contributed by atoms with van der Waals surface area (Å²) < 4.78 is 1.12. The van der Waals surface area contributed by atoms with Crippen LogP contribution in [0.3, 0.4) is 0 Å². The van der Waals surface area contributed by atoms with Crippen LogP contribution in [0, 0.1) is 6.92 Å². The second kappa shape index (κ2) is 4.76. The molecule has 0 heterocycles. The normalized spacial score (nSPS) is 12.6. The number of likely N-dealkylation sites (N-methyl/N-ethyl adjacent to an activating group) is 1. The van der Waals surface area contributed by atoms with Gasteiger partial charge in [-0.1, -0.05) is 34.1 Å². The standard InChI is InChI=1S/C12H16BrN/c1-8(2)12(14-4)10-5-9(3)6-11(13)7-10/h5-7,12,14H,1H2,2-4H3. The third-order valence-electron chi connectivity index (χ3n) is 2.18. The fourth-order valence-electron chi connectivity index (χ4n) is 1.63. The van der Waals surface area contributed by atoms with E-state index in [-0.39, 0.29) is 6.04 Å². The maximum Gasteiger partial charge on any atom is 0.0528 e. The van der Waals surface area contributed by atoms with Crippen LogP contribution in [-0.2, 0) is 0 Å². The number of hydrogen-bond donors (Lipinski definition) is 1. The predicted molar refractivity (Wildman–Crippen MR) is 65.5 cm³/mol. The fraction of sp³-hybridized carbons (Fsp3) is 0.333. The largest absolute Gasteiger partial charge is 0.310 e. The average Bonchev–Trinajstić information content (AvgIpc) is 2.02. The Kier molecular flexibility index (Phi) is 3.90. The highest BCUT2D eigenvalue weighted by atomic mass is 79.9. The SMILES string of the molecule is C=C(C)C(NC)c1cc(C)cc(Br)c1. The fourth-order valence-corrected chi connectivity index (χ4v) is 2.25. The van der Waals surface area contributed by atoms with Gasteiger partial charge in [0.1, 0.15) is 0 Å². The zero-order valence-electron chi connectivity index (χ0n) is 8.89. The summed E-state index contributed by atoms with van der Waals surface area (Å²) in [5.41, 5.74) is 3.65. The maximum absolute atomic E-state index is 3.98. The molecule has 0 aliphatic carbocycles. The zero-order chi connectivity index (χ0) is 10.7. The highest BCUT2D eigenvalue weighted by Gasteiger charge is 2.10. The summed E-state index contributed by atoms with van der Waals surface area (Å²) in [5.74, 6) is 0. The second-order valence-electron chi connectivity index (χ2n) is 3.63. The first-order chi connectivity index (χ1) is 6.54. The van der Waals surface area contributed by atoms with Crippen molar-refractivity contribution in [2.45, 2.75) is 19.9 Å². The van der Waals surface area contributed by atoms with Gasteiger partial charge in [-0.15, -0.1) is 0 Å². The van der Waals surface area contributed by atoms with Gasteiger partial charge in [0.2, 0.25) is 0 Å². The molecule has 76 valence electrons. The van der Waals surface area contributed by atoms with E-state index in [1.54, 1.807) is 0 Å². The van der Waals surface area contributed by atoms with E-state index in [4.69, 9.17) is 0 Å². The number of aryl methyl sites for hydroxylation is 1. The molecular weight excluding hydrogens is 238 g/mol. The molecule has 0 radical (unpaired) electrons. The van der Waals surface area contributed by atoms with Crippen molar-refractivity contribution in [1.82, 2.24) is 5.32 Å². The van der Waals surface area contributed by atoms with Crippen LogP contribution in [0.15, 0.2) is 34.8 Å². The van der Waals surface area contributed by atoms with Gasteiger partial charge in [0.15, 0.2) is 0 Å². The molecule has 1 rings (SSSR count). The van der Waals surface area contributed by atoms with Crippen molar-refractivity contribution in [3.8, 4) is 0 Å². The first-order valence-electron chi connectivity index (χ1n) is 4.64. The summed E-state index contributed by atoms with van der Waals surface area (Å²) in [4.78, 5) is 0. The smallest absolute Gasteiger partial charge is 0.0528 e. The molecule has 1 atom stereocenters. The quantitative estimate of drug-likeness (QED) is 0.813. The van der Waals surface area contributed by atoms with Gasteiger partial charge < -0.3 is 5.32 Å². The maximum atomic E-state index is 3.98. The van der Waals surface area contributed by atoms with Gasteiger partial charge in [0, 0.05) is 4.47 Å². The van der Waals surface area contributed by atoms with Gasteiger partial charge in [-0.2, -0.15) is 0 Å². The zero-order valence-corrected chi connectivity index (χ0v) is 10.5. The molecule has 0 bridgehead atoms. The molecule has 0 fully saturated rings. The molecule has 1 unspecified atom stereocenters. The number of hydrogen-bond acceptors (Lipinski definition) is 1. The Balaban J connectivity index is 3.10. The first-order valence-corrected chi connectivity index (χ1v) is 5.43. The summed E-state index contributed by atoms with van der Waals surface area (Å²) in [6, 6.07) is 6.66. The molecule has 0 amide bonds. The first kappa shape index (κ1) is 11.5. The minimum absolute atomic E-state index is 0.242. The van der Waals surface area contributed by atoms with Crippen LogP contribution in [0.4, 0.5) is 0 Å². The minimum atomic E-state index is 0.242. The van der Waals surface area contributed by atoms with Crippen molar-refractivity contribution >= 4 is 15.9 Å². The Labute approximate surface area is 94.3 Å². The molecule has 1 N–H and O–H groups in total. The number of rotatable bonds is 3. The molecule has 0 saturated carbocycles. The molecular formula is C12H16BrN. The van der Waals surface area contributed by atoms with Crippen molar-refractivity contribution in [2.24, 2.45) is 0 Å². The Morgan fingerprint density at radius 2 is 2.07 bits per heavy atom. The molecule has 2 heteroatoms. The molecule has 0 aliphatic rings. The summed E-state index contributed by atoms with van der Waals surface area (Å²) in [6.45, 7) is 8.12. The predicted octanol–water partition coefficient (Wildman–Crippen LogP) is 3.59. The van der Waals surface area contributed by atoms with Crippen molar-refractivity contribution in [1.29, 1.82) is 0 Å².